The molecule has 0 radical (unpaired) electrons. The number of carboxylic acid groups (broad SMARTS) is 1. The lowest BCUT2D eigenvalue weighted by molar-refractivity contribution is -0.152. The molecule has 2 aromatic rings. The van der Waals surface area contributed by atoms with Crippen molar-refractivity contribution >= 4 is 18.0 Å². The number of alkyl carbamates (subject to hydrolysis) is 1. The largest absolute Gasteiger partial charge is 0.480 e. The molecule has 0 fully saturated rings. The second-order valence-electron chi connectivity index (χ2n) is 8.11. The van der Waals surface area contributed by atoms with E-state index in [1.807, 2.05) is 59.2 Å². The maximum absolute atomic E-state index is 13.1. The number of nitrogens with one attached hydrogen (secondary N) is 2. The number of hydrogen-bond acceptors (Lipinski definition) is 5. The van der Waals surface area contributed by atoms with Crippen LogP contribution in [0.2, 0.25) is 0 Å². The normalized spacial score (nSPS) is 15.3. The summed E-state index contributed by atoms with van der Waals surface area (Å²) in [5, 5.41) is 13.2. The van der Waals surface area contributed by atoms with E-state index in [-0.39, 0.29) is 12.5 Å². The summed E-state index contributed by atoms with van der Waals surface area (Å²) in [5.74, 6) is -3.16. The molecule has 0 aliphatic heterocycles. The molecule has 0 spiro atoms. The number of carbonyl (C=O) groups is 3. The summed E-state index contributed by atoms with van der Waals surface area (Å²) in [6.07, 6.45) is -8.79. The third-order valence-corrected chi connectivity index (χ3v) is 5.79. The van der Waals surface area contributed by atoms with Crippen LogP contribution in [-0.4, -0.2) is 61.2 Å². The van der Waals surface area contributed by atoms with Gasteiger partial charge in [0.15, 0.2) is 6.04 Å². The molecule has 2 amide bonds. The highest BCUT2D eigenvalue weighted by Gasteiger charge is 2.39. The third kappa shape index (κ3) is 6.30. The molecule has 2 aromatic carbocycles. The molecular weight excluding hydrogens is 469 g/mol. The predicted molar refractivity (Wildman–Crippen MR) is 119 cm³/mol. The van der Waals surface area contributed by atoms with Crippen molar-refractivity contribution in [2.75, 3.05) is 13.7 Å². The molecule has 0 saturated heterocycles. The number of methoxy groups -OCH3 is 1. The Labute approximate surface area is 199 Å². The van der Waals surface area contributed by atoms with Crippen LogP contribution in [0.1, 0.15) is 30.4 Å². The van der Waals surface area contributed by atoms with Crippen LogP contribution in [0.5, 0.6) is 0 Å². The van der Waals surface area contributed by atoms with E-state index < -0.39 is 48.8 Å². The number of alkyl halides is 3. The lowest BCUT2D eigenvalue weighted by Crippen LogP contribution is -2.56. The van der Waals surface area contributed by atoms with Gasteiger partial charge in [-0.15, -0.1) is 0 Å². The molecule has 188 valence electrons. The topological polar surface area (TPSA) is 114 Å². The van der Waals surface area contributed by atoms with Crippen molar-refractivity contribution in [3.63, 3.8) is 0 Å². The van der Waals surface area contributed by atoms with E-state index in [9.17, 15) is 32.7 Å². The second-order valence-corrected chi connectivity index (χ2v) is 8.11. The molecule has 3 rings (SSSR count). The van der Waals surface area contributed by atoms with Gasteiger partial charge in [0.1, 0.15) is 12.6 Å². The van der Waals surface area contributed by atoms with Gasteiger partial charge in [0.05, 0.1) is 12.5 Å². The first-order valence-electron chi connectivity index (χ1n) is 10.8. The minimum absolute atomic E-state index is 0.168. The zero-order chi connectivity index (χ0) is 25.8. The Balaban J connectivity index is 1.70. The Morgan fingerprint density at radius 3 is 2.03 bits per heavy atom. The van der Waals surface area contributed by atoms with Crippen molar-refractivity contribution < 1.29 is 42.1 Å². The van der Waals surface area contributed by atoms with E-state index in [0.29, 0.717) is 0 Å². The molecule has 0 heterocycles. The summed E-state index contributed by atoms with van der Waals surface area (Å²) in [6, 6.07) is 11.3. The van der Waals surface area contributed by atoms with Crippen LogP contribution >= 0.6 is 0 Å². The SMILES string of the molecule is COC(C)C(NC(=O)C(CC(F)(F)F)NC(=O)OCC1c2ccccc2-c2ccccc21)C(=O)O. The number of rotatable bonds is 9. The predicted octanol–water partition coefficient (Wildman–Crippen LogP) is 3.45. The van der Waals surface area contributed by atoms with E-state index in [2.05, 4.69) is 0 Å². The van der Waals surface area contributed by atoms with Crippen molar-refractivity contribution in [1.82, 2.24) is 10.6 Å². The number of fused-ring (bicyclic) bond motifs is 3. The van der Waals surface area contributed by atoms with Gasteiger partial charge in [-0.1, -0.05) is 48.5 Å². The number of hydrogen-bond donors (Lipinski definition) is 3. The van der Waals surface area contributed by atoms with Crippen LogP contribution in [0, 0.1) is 0 Å². The molecule has 3 unspecified atom stereocenters. The summed E-state index contributed by atoms with van der Waals surface area (Å²) in [7, 11) is 1.19. The average Bonchev–Trinajstić information content (AvgIpc) is 3.12. The number of aliphatic carboxylic acids is 1. The highest BCUT2D eigenvalue weighted by molar-refractivity contribution is 5.89. The number of ether oxygens (including phenoxy) is 2. The molecular formula is C24H25F3N2O6. The summed E-state index contributed by atoms with van der Waals surface area (Å²) < 4.78 is 49.3. The zero-order valence-electron chi connectivity index (χ0n) is 19.0. The van der Waals surface area contributed by atoms with Crippen molar-refractivity contribution in [2.24, 2.45) is 0 Å². The monoisotopic (exact) mass is 494 g/mol. The fraction of sp³-hybridized carbons (Fsp3) is 0.375. The first-order chi connectivity index (χ1) is 16.5. The van der Waals surface area contributed by atoms with Gasteiger partial charge >= 0.3 is 18.2 Å². The van der Waals surface area contributed by atoms with Crippen LogP contribution in [-0.2, 0) is 19.1 Å². The third-order valence-electron chi connectivity index (χ3n) is 5.79. The van der Waals surface area contributed by atoms with Gasteiger partial charge in [0, 0.05) is 13.0 Å². The first kappa shape index (κ1) is 26.0. The molecule has 1 aliphatic rings. The maximum Gasteiger partial charge on any atom is 0.407 e. The van der Waals surface area contributed by atoms with E-state index in [0.717, 1.165) is 22.3 Å². The van der Waals surface area contributed by atoms with E-state index in [4.69, 9.17) is 9.47 Å². The van der Waals surface area contributed by atoms with Crippen LogP contribution in [0.3, 0.4) is 0 Å². The minimum Gasteiger partial charge on any atom is -0.480 e. The molecule has 0 aromatic heterocycles. The highest BCUT2D eigenvalue weighted by atomic mass is 19.4. The number of carbonyl (C=O) groups excluding carboxylic acids is 2. The van der Waals surface area contributed by atoms with Gasteiger partial charge in [-0.05, 0) is 29.2 Å². The van der Waals surface area contributed by atoms with Crippen molar-refractivity contribution in [3.05, 3.63) is 59.7 Å². The Morgan fingerprint density at radius 2 is 1.54 bits per heavy atom. The number of benzene rings is 2. The van der Waals surface area contributed by atoms with Gasteiger partial charge in [-0.2, -0.15) is 13.2 Å². The average molecular weight is 494 g/mol. The number of halogens is 3. The molecule has 3 atom stereocenters. The van der Waals surface area contributed by atoms with Crippen molar-refractivity contribution in [3.8, 4) is 11.1 Å². The van der Waals surface area contributed by atoms with Crippen molar-refractivity contribution in [2.45, 2.75) is 43.6 Å². The maximum atomic E-state index is 13.1. The van der Waals surface area contributed by atoms with Gasteiger partial charge in [-0.25, -0.2) is 9.59 Å². The molecule has 0 bridgehead atoms. The first-order valence-corrected chi connectivity index (χ1v) is 10.8. The lowest BCUT2D eigenvalue weighted by Gasteiger charge is -2.25. The summed E-state index contributed by atoms with van der Waals surface area (Å²) in [4.78, 5) is 36.3. The Bertz CT molecular complexity index is 1050. The molecule has 3 N–H and O–H groups in total. The Hall–Kier alpha value is -3.60. The summed E-state index contributed by atoms with van der Waals surface area (Å²) in [5.41, 5.74) is 3.75. The lowest BCUT2D eigenvalue weighted by atomic mass is 9.98. The molecule has 35 heavy (non-hydrogen) atoms. The van der Waals surface area contributed by atoms with E-state index in [1.54, 1.807) is 0 Å². The number of amides is 2. The zero-order valence-corrected chi connectivity index (χ0v) is 19.0. The fourth-order valence-electron chi connectivity index (χ4n) is 3.99. The molecule has 8 nitrogen and oxygen atoms in total. The van der Waals surface area contributed by atoms with Gasteiger partial charge in [-0.3, -0.25) is 4.79 Å². The molecule has 11 heteroatoms. The summed E-state index contributed by atoms with van der Waals surface area (Å²) >= 11 is 0. The quantitative estimate of drug-likeness (QED) is 0.492. The summed E-state index contributed by atoms with van der Waals surface area (Å²) in [6.45, 7) is 1.16. The van der Waals surface area contributed by atoms with E-state index in [1.165, 1.54) is 14.0 Å². The van der Waals surface area contributed by atoms with Crippen LogP contribution in [0.15, 0.2) is 48.5 Å². The van der Waals surface area contributed by atoms with Gasteiger partial charge in [0.25, 0.3) is 0 Å². The van der Waals surface area contributed by atoms with Crippen LogP contribution in [0.4, 0.5) is 18.0 Å². The van der Waals surface area contributed by atoms with Crippen molar-refractivity contribution in [1.29, 1.82) is 0 Å². The molecule has 1 aliphatic carbocycles. The Morgan fingerprint density at radius 1 is 1.00 bits per heavy atom. The highest BCUT2D eigenvalue weighted by Crippen LogP contribution is 2.44. The molecule has 0 saturated carbocycles. The number of carboxylic acids is 1. The second kappa shape index (κ2) is 10.8. The Kier molecular flexibility index (Phi) is 8.00. The minimum atomic E-state index is -4.82. The smallest absolute Gasteiger partial charge is 0.407 e. The van der Waals surface area contributed by atoms with Gasteiger partial charge in [0.2, 0.25) is 5.91 Å². The van der Waals surface area contributed by atoms with Crippen LogP contribution in [0.25, 0.3) is 11.1 Å². The van der Waals surface area contributed by atoms with Gasteiger partial charge < -0.3 is 25.2 Å². The standard InChI is InChI=1S/C24H25F3N2O6/c1-13(34-2)20(22(31)32)29-21(30)19(11-24(25,26)27)28-23(33)35-12-18-16-9-5-3-7-14(16)15-8-4-6-10-17(15)18/h3-10,13,18-20H,11-12H2,1-2H3,(H,28,33)(H,29,30)(H,31,32). The van der Waals surface area contributed by atoms with E-state index >= 15 is 0 Å². The van der Waals surface area contributed by atoms with Crippen LogP contribution < -0.4 is 10.6 Å². The fourth-order valence-corrected chi connectivity index (χ4v) is 3.99.